The molecular formula is C31H57N3O7. The van der Waals surface area contributed by atoms with Crippen LogP contribution in [0.3, 0.4) is 0 Å². The normalized spacial score (nSPS) is 18.5. The number of nitrogens with zero attached hydrogens (tertiary/aromatic N) is 1. The van der Waals surface area contributed by atoms with Gasteiger partial charge in [-0.05, 0) is 44.4 Å². The average molecular weight is 584 g/mol. The minimum absolute atomic E-state index is 0.0192. The molecule has 1 rings (SSSR count). The third kappa shape index (κ3) is 10.1. The Morgan fingerprint density at radius 3 is 1.78 bits per heavy atom. The summed E-state index contributed by atoms with van der Waals surface area (Å²) in [5, 5.41) is 35.2. The van der Waals surface area contributed by atoms with E-state index >= 15 is 0 Å². The summed E-state index contributed by atoms with van der Waals surface area (Å²) in [4.78, 5) is 37.3. The molecule has 10 nitrogen and oxygen atoms in total. The molecule has 1 aliphatic heterocycles. The van der Waals surface area contributed by atoms with Crippen LogP contribution in [0.25, 0.3) is 0 Å². The van der Waals surface area contributed by atoms with Crippen LogP contribution in [0.1, 0.15) is 95.4 Å². The van der Waals surface area contributed by atoms with Gasteiger partial charge in [0.1, 0.15) is 0 Å². The molecule has 0 aromatic carbocycles. The summed E-state index contributed by atoms with van der Waals surface area (Å²) in [6, 6.07) is 0. The van der Waals surface area contributed by atoms with E-state index in [9.17, 15) is 29.7 Å². The highest BCUT2D eigenvalue weighted by atomic mass is 16.5. The molecule has 41 heavy (non-hydrogen) atoms. The summed E-state index contributed by atoms with van der Waals surface area (Å²) in [6.45, 7) is 21.3. The van der Waals surface area contributed by atoms with Crippen molar-refractivity contribution in [3.05, 3.63) is 12.2 Å². The molecule has 10 heteroatoms. The molecule has 1 aliphatic rings. The second-order valence-electron chi connectivity index (χ2n) is 15.5. The first kappa shape index (κ1) is 37.2. The Balaban J connectivity index is 2.86. The standard InChI is InChI=1S/C31H57N3O7/c1-26(2,24(39)28(5,6)19-35)16-30(9,10)41-20-29(7,8)25(40)27(3,4)17-31(11,18-32)33-21(36)14-15-34-22(37)12-13-23(34)38/h12-13,24-25,35,39-40H,14-20,32H2,1-11H3,(H,33,36). The van der Waals surface area contributed by atoms with Gasteiger partial charge in [-0.15, -0.1) is 0 Å². The number of hydrogen-bond donors (Lipinski definition) is 5. The minimum atomic E-state index is -0.839. The van der Waals surface area contributed by atoms with Crippen molar-refractivity contribution < 1.29 is 34.4 Å². The van der Waals surface area contributed by atoms with E-state index in [0.29, 0.717) is 12.8 Å². The molecule has 0 radical (unpaired) electrons. The van der Waals surface area contributed by atoms with Crippen molar-refractivity contribution in [2.24, 2.45) is 27.4 Å². The lowest BCUT2D eigenvalue weighted by Gasteiger charge is -2.47. The van der Waals surface area contributed by atoms with Crippen molar-refractivity contribution in [1.29, 1.82) is 0 Å². The number of carbonyl (C=O) groups is 3. The zero-order valence-corrected chi connectivity index (χ0v) is 27.3. The summed E-state index contributed by atoms with van der Waals surface area (Å²) in [6.07, 6.45) is 1.64. The second-order valence-corrected chi connectivity index (χ2v) is 15.5. The quantitative estimate of drug-likeness (QED) is 0.163. The lowest BCUT2D eigenvalue weighted by Crippen LogP contribution is -2.57. The molecule has 0 spiro atoms. The van der Waals surface area contributed by atoms with Crippen LogP contribution in [0.15, 0.2) is 12.2 Å². The first-order chi connectivity index (χ1) is 18.3. The fourth-order valence-corrected chi connectivity index (χ4v) is 6.44. The van der Waals surface area contributed by atoms with Gasteiger partial charge in [-0.3, -0.25) is 19.3 Å². The van der Waals surface area contributed by atoms with Crippen LogP contribution < -0.4 is 11.1 Å². The van der Waals surface area contributed by atoms with Crippen LogP contribution in [-0.2, 0) is 19.1 Å². The number of amides is 3. The highest BCUT2D eigenvalue weighted by molar-refractivity contribution is 6.13. The molecule has 0 aromatic heterocycles. The van der Waals surface area contributed by atoms with Gasteiger partial charge in [0.2, 0.25) is 5.91 Å². The number of ether oxygens (including phenoxy) is 1. The van der Waals surface area contributed by atoms with Crippen molar-refractivity contribution in [2.75, 3.05) is 26.3 Å². The van der Waals surface area contributed by atoms with E-state index in [1.165, 1.54) is 12.2 Å². The van der Waals surface area contributed by atoms with Crippen LogP contribution in [0, 0.1) is 21.7 Å². The maximum atomic E-state index is 12.7. The molecule has 6 N–H and O–H groups in total. The summed E-state index contributed by atoms with van der Waals surface area (Å²) in [5.74, 6) is -1.21. The monoisotopic (exact) mass is 583 g/mol. The number of hydrogen-bond acceptors (Lipinski definition) is 8. The molecule has 0 bridgehead atoms. The van der Waals surface area contributed by atoms with Crippen LogP contribution in [0.4, 0.5) is 0 Å². The highest BCUT2D eigenvalue weighted by Gasteiger charge is 2.46. The molecule has 0 aliphatic carbocycles. The molecular weight excluding hydrogens is 526 g/mol. The number of nitrogens with one attached hydrogen (secondary N) is 1. The minimum Gasteiger partial charge on any atom is -0.396 e. The highest BCUT2D eigenvalue weighted by Crippen LogP contribution is 2.43. The number of nitrogens with two attached hydrogens (primary N) is 1. The Morgan fingerprint density at radius 2 is 1.32 bits per heavy atom. The Hall–Kier alpha value is -1.85. The SMILES string of the molecule is CC(CN)(CC(C)(C)C(O)C(C)(C)COC(C)(C)CC(C)(C)C(O)C(C)(C)CO)NC(=O)CCN1C(=O)C=CC1=O. The molecule has 0 fully saturated rings. The van der Waals surface area contributed by atoms with Gasteiger partial charge in [-0.1, -0.05) is 55.4 Å². The number of aliphatic hydroxyl groups is 3. The van der Waals surface area contributed by atoms with Crippen LogP contribution in [0.5, 0.6) is 0 Å². The summed E-state index contributed by atoms with van der Waals surface area (Å²) in [5.41, 5.74) is 2.08. The first-order valence-corrected chi connectivity index (χ1v) is 14.5. The lowest BCUT2D eigenvalue weighted by atomic mass is 9.66. The predicted molar refractivity (Wildman–Crippen MR) is 160 cm³/mol. The maximum Gasteiger partial charge on any atom is 0.253 e. The molecule has 0 saturated carbocycles. The Bertz CT molecular complexity index is 953. The van der Waals surface area contributed by atoms with Gasteiger partial charge in [0.05, 0.1) is 36.6 Å². The number of aliphatic hydroxyl groups excluding tert-OH is 3. The number of carbonyl (C=O) groups excluding carboxylic acids is 3. The van der Waals surface area contributed by atoms with Gasteiger partial charge in [0.25, 0.3) is 11.8 Å². The molecule has 0 saturated heterocycles. The van der Waals surface area contributed by atoms with E-state index in [1.807, 2.05) is 76.2 Å². The van der Waals surface area contributed by atoms with E-state index in [1.54, 1.807) is 0 Å². The average Bonchev–Trinajstić information content (AvgIpc) is 3.16. The summed E-state index contributed by atoms with van der Waals surface area (Å²) in [7, 11) is 0. The van der Waals surface area contributed by atoms with Crippen molar-refractivity contribution in [3.8, 4) is 0 Å². The Labute approximate surface area is 247 Å². The van der Waals surface area contributed by atoms with Crippen molar-refractivity contribution in [3.63, 3.8) is 0 Å². The fourth-order valence-electron chi connectivity index (χ4n) is 6.44. The topological polar surface area (TPSA) is 162 Å². The van der Waals surface area contributed by atoms with Crippen LogP contribution in [-0.4, -0.2) is 87.6 Å². The summed E-state index contributed by atoms with van der Waals surface area (Å²) >= 11 is 0. The van der Waals surface area contributed by atoms with E-state index in [4.69, 9.17) is 10.5 Å². The molecule has 3 unspecified atom stereocenters. The van der Waals surface area contributed by atoms with Gasteiger partial charge in [-0.25, -0.2) is 0 Å². The van der Waals surface area contributed by atoms with Crippen molar-refractivity contribution in [1.82, 2.24) is 10.2 Å². The largest absolute Gasteiger partial charge is 0.396 e. The van der Waals surface area contributed by atoms with Crippen molar-refractivity contribution in [2.45, 2.75) is 119 Å². The fraction of sp³-hybridized carbons (Fsp3) is 0.839. The Morgan fingerprint density at radius 1 is 0.854 bits per heavy atom. The molecule has 0 aromatic rings. The molecule has 3 amide bonds. The van der Waals surface area contributed by atoms with Gasteiger partial charge in [0.15, 0.2) is 0 Å². The number of rotatable bonds is 17. The predicted octanol–water partition coefficient (Wildman–Crippen LogP) is 2.53. The van der Waals surface area contributed by atoms with E-state index in [0.717, 1.165) is 4.90 Å². The van der Waals surface area contributed by atoms with Gasteiger partial charge in [0, 0.05) is 42.5 Å². The number of imide groups is 1. The van der Waals surface area contributed by atoms with E-state index in [2.05, 4.69) is 5.32 Å². The van der Waals surface area contributed by atoms with Gasteiger partial charge < -0.3 is 31.1 Å². The first-order valence-electron chi connectivity index (χ1n) is 14.5. The summed E-state index contributed by atoms with van der Waals surface area (Å²) < 4.78 is 6.37. The lowest BCUT2D eigenvalue weighted by molar-refractivity contribution is -0.147. The maximum absolute atomic E-state index is 12.7. The van der Waals surface area contributed by atoms with Crippen LogP contribution >= 0.6 is 0 Å². The van der Waals surface area contributed by atoms with Gasteiger partial charge >= 0.3 is 0 Å². The zero-order chi connectivity index (χ0) is 32.2. The smallest absolute Gasteiger partial charge is 0.253 e. The van der Waals surface area contributed by atoms with E-state index in [-0.39, 0.29) is 38.6 Å². The second kappa shape index (κ2) is 13.2. The molecule has 1 heterocycles. The van der Waals surface area contributed by atoms with Gasteiger partial charge in [-0.2, -0.15) is 0 Å². The van der Waals surface area contributed by atoms with Crippen molar-refractivity contribution >= 4 is 17.7 Å². The Kier molecular flexibility index (Phi) is 12.0. The third-order valence-electron chi connectivity index (χ3n) is 8.29. The van der Waals surface area contributed by atoms with E-state index < -0.39 is 56.8 Å². The third-order valence-corrected chi connectivity index (χ3v) is 8.29. The van der Waals surface area contributed by atoms with Crippen LogP contribution in [0.2, 0.25) is 0 Å². The molecule has 238 valence electrons. The molecule has 3 atom stereocenters. The zero-order valence-electron chi connectivity index (χ0n) is 27.3.